The van der Waals surface area contributed by atoms with E-state index in [1.54, 1.807) is 7.11 Å². The molecule has 3 aromatic rings. The number of fused-ring (bicyclic) bond motifs is 1. The van der Waals surface area contributed by atoms with E-state index in [2.05, 4.69) is 101 Å². The van der Waals surface area contributed by atoms with Crippen molar-refractivity contribution in [2.24, 2.45) is 0 Å². The summed E-state index contributed by atoms with van der Waals surface area (Å²) in [6.45, 7) is 3.30. The highest BCUT2D eigenvalue weighted by atomic mass is 79.9. The average Bonchev–Trinajstić information content (AvgIpc) is 2.69. The molecule has 3 heteroatoms. The summed E-state index contributed by atoms with van der Waals surface area (Å²) >= 11 is 3.57. The highest BCUT2D eigenvalue weighted by Gasteiger charge is 2.40. The Morgan fingerprint density at radius 1 is 0.962 bits per heavy atom. The molecule has 4 rings (SSSR count). The summed E-state index contributed by atoms with van der Waals surface area (Å²) in [6, 6.07) is 25.9. The van der Waals surface area contributed by atoms with Crippen LogP contribution >= 0.6 is 15.9 Å². The molecule has 0 fully saturated rings. The lowest BCUT2D eigenvalue weighted by Crippen LogP contribution is -2.49. The van der Waals surface area contributed by atoms with E-state index in [4.69, 9.17) is 4.74 Å². The van der Waals surface area contributed by atoms with Crippen LogP contribution in [0.4, 0.5) is 5.69 Å². The Balaban J connectivity index is 1.92. The third-order valence-corrected chi connectivity index (χ3v) is 5.98. The maximum Gasteiger partial charge on any atom is 0.119 e. The first-order valence-electron chi connectivity index (χ1n) is 8.89. The maximum absolute atomic E-state index is 5.46. The number of para-hydroxylation sites is 1. The molecular weight excluding hydrogens is 386 g/mol. The Morgan fingerprint density at radius 2 is 1.69 bits per heavy atom. The van der Waals surface area contributed by atoms with Crippen molar-refractivity contribution >= 4 is 21.6 Å². The normalized spacial score (nSPS) is 19.1. The van der Waals surface area contributed by atoms with Crippen molar-refractivity contribution < 1.29 is 4.74 Å². The Bertz CT molecular complexity index is 907. The van der Waals surface area contributed by atoms with Gasteiger partial charge in [0.2, 0.25) is 0 Å². The number of nitrogens with zero attached hydrogens (tertiary/aromatic N) is 1. The largest absolute Gasteiger partial charge is 0.497 e. The number of ether oxygens (including phenoxy) is 1. The molecule has 3 aromatic carbocycles. The molecule has 26 heavy (non-hydrogen) atoms. The highest BCUT2D eigenvalue weighted by molar-refractivity contribution is 9.10. The fourth-order valence-electron chi connectivity index (χ4n) is 4.06. The molecule has 0 spiro atoms. The van der Waals surface area contributed by atoms with Crippen molar-refractivity contribution in [1.29, 1.82) is 0 Å². The first-order valence-corrected chi connectivity index (χ1v) is 9.68. The fourth-order valence-corrected chi connectivity index (χ4v) is 4.33. The molecule has 0 saturated carbocycles. The Morgan fingerprint density at radius 3 is 2.38 bits per heavy atom. The SMILES string of the molecule is COc1ccc2c(c1)CCN(c1ccccc1)[C@]2(C)c1ccc(Br)cc1. The number of hydrogen-bond acceptors (Lipinski definition) is 2. The molecular formula is C23H22BrNO. The van der Waals surface area contributed by atoms with Gasteiger partial charge in [-0.3, -0.25) is 0 Å². The summed E-state index contributed by atoms with van der Waals surface area (Å²) in [5.74, 6) is 0.926. The van der Waals surface area contributed by atoms with Crippen LogP contribution < -0.4 is 9.64 Å². The third kappa shape index (κ3) is 2.80. The molecule has 2 nitrogen and oxygen atoms in total. The lowest BCUT2D eigenvalue weighted by Gasteiger charge is -2.48. The second-order valence-corrected chi connectivity index (χ2v) is 7.76. The number of hydrogen-bond donors (Lipinski definition) is 0. The van der Waals surface area contributed by atoms with Crippen molar-refractivity contribution in [3.8, 4) is 5.75 Å². The van der Waals surface area contributed by atoms with Crippen LogP contribution in [0.3, 0.4) is 0 Å². The second kappa shape index (κ2) is 6.81. The van der Waals surface area contributed by atoms with Crippen molar-refractivity contribution in [2.75, 3.05) is 18.6 Å². The van der Waals surface area contributed by atoms with E-state index in [0.717, 1.165) is 23.2 Å². The monoisotopic (exact) mass is 407 g/mol. The zero-order valence-corrected chi connectivity index (χ0v) is 16.7. The van der Waals surface area contributed by atoms with Gasteiger partial charge in [-0.25, -0.2) is 0 Å². The van der Waals surface area contributed by atoms with E-state index in [1.807, 2.05) is 0 Å². The minimum absolute atomic E-state index is 0.234. The molecule has 132 valence electrons. The third-order valence-electron chi connectivity index (χ3n) is 5.46. The summed E-state index contributed by atoms with van der Waals surface area (Å²) in [7, 11) is 1.73. The maximum atomic E-state index is 5.46. The summed E-state index contributed by atoms with van der Waals surface area (Å²) in [5, 5.41) is 0. The van der Waals surface area contributed by atoms with Crippen molar-refractivity contribution in [3.63, 3.8) is 0 Å². The molecule has 0 amide bonds. The quantitative estimate of drug-likeness (QED) is 0.545. The van der Waals surface area contributed by atoms with Crippen LogP contribution in [0.1, 0.15) is 23.6 Å². The second-order valence-electron chi connectivity index (χ2n) is 6.84. The van der Waals surface area contributed by atoms with E-state index >= 15 is 0 Å². The van der Waals surface area contributed by atoms with Gasteiger partial charge in [-0.15, -0.1) is 0 Å². The molecule has 0 N–H and O–H groups in total. The zero-order valence-electron chi connectivity index (χ0n) is 15.1. The minimum Gasteiger partial charge on any atom is -0.497 e. The van der Waals surface area contributed by atoms with Crippen LogP contribution in [0.2, 0.25) is 0 Å². The van der Waals surface area contributed by atoms with E-state index < -0.39 is 0 Å². The smallest absolute Gasteiger partial charge is 0.119 e. The van der Waals surface area contributed by atoms with Crippen LogP contribution in [0.15, 0.2) is 77.3 Å². The number of halogens is 1. The first-order chi connectivity index (χ1) is 12.6. The molecule has 0 bridgehead atoms. The van der Waals surface area contributed by atoms with Crippen molar-refractivity contribution in [1.82, 2.24) is 0 Å². The van der Waals surface area contributed by atoms with Gasteiger partial charge in [0, 0.05) is 16.7 Å². The Hall–Kier alpha value is -2.26. The topological polar surface area (TPSA) is 12.5 Å². The minimum atomic E-state index is -0.234. The van der Waals surface area contributed by atoms with Crippen molar-refractivity contribution in [3.05, 3.63) is 94.0 Å². The molecule has 0 saturated heterocycles. The lowest BCUT2D eigenvalue weighted by molar-refractivity contribution is 0.411. The van der Waals surface area contributed by atoms with Gasteiger partial charge < -0.3 is 9.64 Å². The van der Waals surface area contributed by atoms with Crippen LogP contribution in [0, 0.1) is 0 Å². The van der Waals surface area contributed by atoms with E-state index in [0.29, 0.717) is 0 Å². The number of benzene rings is 3. The van der Waals surface area contributed by atoms with Crippen LogP contribution in [0.25, 0.3) is 0 Å². The predicted octanol–water partition coefficient (Wildman–Crippen LogP) is 5.78. The Labute approximate surface area is 163 Å². The summed E-state index contributed by atoms with van der Waals surface area (Å²) < 4.78 is 6.56. The number of methoxy groups -OCH3 is 1. The van der Waals surface area contributed by atoms with Gasteiger partial charge in [0.1, 0.15) is 5.75 Å². The number of anilines is 1. The van der Waals surface area contributed by atoms with Gasteiger partial charge in [-0.1, -0.05) is 52.3 Å². The summed E-state index contributed by atoms with van der Waals surface area (Å²) in [4.78, 5) is 2.52. The van der Waals surface area contributed by atoms with Crippen LogP contribution in [-0.2, 0) is 12.0 Å². The van der Waals surface area contributed by atoms with Gasteiger partial charge in [-0.05, 0) is 66.4 Å². The van der Waals surface area contributed by atoms with Gasteiger partial charge >= 0.3 is 0 Å². The van der Waals surface area contributed by atoms with Gasteiger partial charge in [0.25, 0.3) is 0 Å². The summed E-state index contributed by atoms with van der Waals surface area (Å²) in [6.07, 6.45) is 1.01. The molecule has 1 heterocycles. The van der Waals surface area contributed by atoms with Crippen LogP contribution in [-0.4, -0.2) is 13.7 Å². The van der Waals surface area contributed by atoms with E-state index in [1.165, 1.54) is 22.4 Å². The van der Waals surface area contributed by atoms with E-state index in [9.17, 15) is 0 Å². The molecule has 0 unspecified atom stereocenters. The molecule has 1 aliphatic rings. The summed E-state index contributed by atoms with van der Waals surface area (Å²) in [5.41, 5.74) is 5.01. The van der Waals surface area contributed by atoms with E-state index in [-0.39, 0.29) is 5.54 Å². The zero-order chi connectivity index (χ0) is 18.1. The average molecular weight is 408 g/mol. The van der Waals surface area contributed by atoms with Crippen molar-refractivity contribution in [2.45, 2.75) is 18.9 Å². The van der Waals surface area contributed by atoms with Gasteiger partial charge in [0.15, 0.2) is 0 Å². The Kier molecular flexibility index (Phi) is 4.49. The number of rotatable bonds is 3. The standard InChI is InChI=1S/C23H22BrNO/c1-23(18-8-10-19(24)11-9-18)22-13-12-21(26-2)16-17(22)14-15-25(23)20-6-4-3-5-7-20/h3-13,16H,14-15H2,1-2H3/t23-/m1/s1. The molecule has 0 radical (unpaired) electrons. The predicted molar refractivity (Wildman–Crippen MR) is 111 cm³/mol. The molecule has 0 aromatic heterocycles. The lowest BCUT2D eigenvalue weighted by atomic mass is 9.76. The van der Waals surface area contributed by atoms with Gasteiger partial charge in [0.05, 0.1) is 12.6 Å². The molecule has 0 aliphatic carbocycles. The highest BCUT2D eigenvalue weighted by Crippen LogP contribution is 2.44. The van der Waals surface area contributed by atoms with Gasteiger partial charge in [-0.2, -0.15) is 0 Å². The first kappa shape index (κ1) is 17.2. The molecule has 1 aliphatic heterocycles. The fraction of sp³-hybridized carbons (Fsp3) is 0.217. The van der Waals surface area contributed by atoms with Crippen LogP contribution in [0.5, 0.6) is 5.75 Å². The molecule has 1 atom stereocenters.